The van der Waals surface area contributed by atoms with E-state index in [4.69, 9.17) is 16.3 Å². The van der Waals surface area contributed by atoms with E-state index >= 15 is 0 Å². The molecule has 0 aliphatic rings. The summed E-state index contributed by atoms with van der Waals surface area (Å²) in [5.74, 6) is -0.177. The van der Waals surface area contributed by atoms with E-state index in [0.717, 1.165) is 4.34 Å². The van der Waals surface area contributed by atoms with Gasteiger partial charge in [-0.2, -0.15) is 0 Å². The van der Waals surface area contributed by atoms with Crippen LogP contribution in [0.15, 0.2) is 34.0 Å². The Morgan fingerprint density at radius 3 is 2.78 bits per heavy atom. The van der Waals surface area contributed by atoms with Gasteiger partial charge in [-0.15, -0.1) is 11.3 Å². The second kappa shape index (κ2) is 8.90. The summed E-state index contributed by atoms with van der Waals surface area (Å²) in [5, 5.41) is 5.20. The van der Waals surface area contributed by atoms with Crippen molar-refractivity contribution >= 4 is 52.3 Å². The van der Waals surface area contributed by atoms with Gasteiger partial charge in [0.1, 0.15) is 0 Å². The first-order valence-electron chi connectivity index (χ1n) is 6.85. The Morgan fingerprint density at radius 2 is 2.09 bits per heavy atom. The maximum atomic E-state index is 11.9. The fraction of sp³-hybridized carbons (Fsp3) is 0.267. The van der Waals surface area contributed by atoms with Crippen LogP contribution in [0.3, 0.4) is 0 Å². The minimum atomic E-state index is -0.296. The molecule has 1 aromatic heterocycles. The fourth-order valence-electron chi connectivity index (χ4n) is 1.65. The predicted molar refractivity (Wildman–Crippen MR) is 93.3 cm³/mol. The number of thiazole rings is 1. The van der Waals surface area contributed by atoms with Gasteiger partial charge < -0.3 is 10.1 Å². The largest absolute Gasteiger partial charge is 0.466 e. The number of halogens is 1. The van der Waals surface area contributed by atoms with Crippen LogP contribution >= 0.6 is 34.7 Å². The average Bonchev–Trinajstić information content (AvgIpc) is 2.95. The molecule has 2 rings (SSSR count). The lowest BCUT2D eigenvalue weighted by Gasteiger charge is -2.04. The Kier molecular flexibility index (Phi) is 6.88. The zero-order valence-electron chi connectivity index (χ0n) is 12.4. The quantitative estimate of drug-likeness (QED) is 0.595. The summed E-state index contributed by atoms with van der Waals surface area (Å²) in [6.45, 7) is 2.12. The molecule has 0 unspecified atom stereocenters. The van der Waals surface area contributed by atoms with Crippen LogP contribution in [0.2, 0.25) is 5.02 Å². The van der Waals surface area contributed by atoms with Gasteiger partial charge in [-0.1, -0.05) is 23.4 Å². The predicted octanol–water partition coefficient (Wildman–Crippen LogP) is 3.63. The number of ether oxygens (including phenoxy) is 1. The lowest BCUT2D eigenvalue weighted by atomic mass is 10.3. The second-order valence-corrected chi connectivity index (χ2v) is 6.95. The summed E-state index contributed by atoms with van der Waals surface area (Å²) in [4.78, 5) is 27.6. The first-order valence-corrected chi connectivity index (χ1v) is 9.09. The van der Waals surface area contributed by atoms with Gasteiger partial charge in [-0.05, 0) is 31.2 Å². The molecule has 0 spiro atoms. The number of rotatable bonds is 7. The van der Waals surface area contributed by atoms with E-state index in [1.807, 2.05) is 0 Å². The normalized spacial score (nSPS) is 10.3. The molecular weight excluding hydrogens is 356 g/mol. The minimum Gasteiger partial charge on any atom is -0.466 e. The van der Waals surface area contributed by atoms with Crippen LogP contribution in [0.5, 0.6) is 0 Å². The Bertz CT molecular complexity index is 674. The molecule has 0 saturated carbocycles. The van der Waals surface area contributed by atoms with E-state index in [2.05, 4.69) is 10.3 Å². The van der Waals surface area contributed by atoms with E-state index in [-0.39, 0.29) is 24.1 Å². The Labute approximate surface area is 147 Å². The van der Waals surface area contributed by atoms with Crippen LogP contribution in [0.4, 0.5) is 5.69 Å². The molecule has 0 bridgehead atoms. The number of aromatic nitrogens is 1. The number of amides is 1. The maximum absolute atomic E-state index is 11.9. The third-order valence-electron chi connectivity index (χ3n) is 2.62. The topological polar surface area (TPSA) is 68.3 Å². The SMILES string of the molecule is CCOC(=O)Cc1csc(SCC(=O)Nc2ccc(Cl)cc2)n1. The van der Waals surface area contributed by atoms with Crippen LogP contribution in [0.25, 0.3) is 0 Å². The van der Waals surface area contributed by atoms with Crippen LogP contribution in [-0.2, 0) is 20.7 Å². The van der Waals surface area contributed by atoms with Crippen LogP contribution in [0, 0.1) is 0 Å². The van der Waals surface area contributed by atoms with E-state index in [9.17, 15) is 9.59 Å². The minimum absolute atomic E-state index is 0.125. The first-order chi connectivity index (χ1) is 11.1. The summed E-state index contributed by atoms with van der Waals surface area (Å²) < 4.78 is 5.62. The van der Waals surface area contributed by atoms with Gasteiger partial charge in [0.2, 0.25) is 5.91 Å². The molecule has 1 aromatic carbocycles. The van der Waals surface area contributed by atoms with Crippen molar-refractivity contribution in [1.29, 1.82) is 0 Å². The molecule has 1 heterocycles. The van der Waals surface area contributed by atoms with Crippen molar-refractivity contribution in [3.8, 4) is 0 Å². The third-order valence-corrected chi connectivity index (χ3v) is 4.94. The van der Waals surface area contributed by atoms with Crippen molar-refractivity contribution in [2.75, 3.05) is 17.7 Å². The summed E-state index contributed by atoms with van der Waals surface area (Å²) >= 11 is 8.53. The standard InChI is InChI=1S/C15H15ClN2O3S2/c1-2-21-14(20)7-12-8-22-15(18-12)23-9-13(19)17-11-5-3-10(16)4-6-11/h3-6,8H,2,7,9H2,1H3,(H,17,19). The number of carbonyl (C=O) groups excluding carboxylic acids is 2. The zero-order chi connectivity index (χ0) is 16.7. The number of benzene rings is 1. The number of thioether (sulfide) groups is 1. The van der Waals surface area contributed by atoms with Crippen molar-refractivity contribution in [3.05, 3.63) is 40.4 Å². The Hall–Kier alpha value is -1.57. The highest BCUT2D eigenvalue weighted by atomic mass is 35.5. The summed E-state index contributed by atoms with van der Waals surface area (Å²) in [5.41, 5.74) is 1.36. The molecule has 0 fully saturated rings. The van der Waals surface area contributed by atoms with Gasteiger partial charge in [-0.3, -0.25) is 9.59 Å². The van der Waals surface area contributed by atoms with Crippen molar-refractivity contribution in [2.24, 2.45) is 0 Å². The molecule has 1 amide bonds. The molecule has 0 radical (unpaired) electrons. The Balaban J connectivity index is 1.79. The molecule has 0 aliphatic carbocycles. The van der Waals surface area contributed by atoms with Crippen molar-refractivity contribution in [1.82, 2.24) is 4.98 Å². The molecule has 0 saturated heterocycles. The van der Waals surface area contributed by atoms with Crippen molar-refractivity contribution in [3.63, 3.8) is 0 Å². The second-order valence-electron chi connectivity index (χ2n) is 4.43. The van der Waals surface area contributed by atoms with Gasteiger partial charge >= 0.3 is 5.97 Å². The molecule has 122 valence electrons. The van der Waals surface area contributed by atoms with Crippen LogP contribution in [0.1, 0.15) is 12.6 Å². The lowest BCUT2D eigenvalue weighted by Crippen LogP contribution is -2.13. The van der Waals surface area contributed by atoms with Crippen LogP contribution < -0.4 is 5.32 Å². The number of hydrogen-bond donors (Lipinski definition) is 1. The number of hydrogen-bond acceptors (Lipinski definition) is 6. The molecule has 2 aromatic rings. The van der Waals surface area contributed by atoms with Gasteiger partial charge in [-0.25, -0.2) is 4.98 Å². The first kappa shape index (κ1) is 17.8. The number of nitrogens with one attached hydrogen (secondary N) is 1. The third kappa shape index (κ3) is 6.21. The van der Waals surface area contributed by atoms with Crippen LogP contribution in [-0.4, -0.2) is 29.2 Å². The highest BCUT2D eigenvalue weighted by molar-refractivity contribution is 8.01. The summed E-state index contributed by atoms with van der Waals surface area (Å²) in [6.07, 6.45) is 0.155. The number of anilines is 1. The molecule has 23 heavy (non-hydrogen) atoms. The average molecular weight is 371 g/mol. The molecule has 0 aliphatic heterocycles. The Morgan fingerprint density at radius 1 is 1.35 bits per heavy atom. The maximum Gasteiger partial charge on any atom is 0.311 e. The summed E-state index contributed by atoms with van der Waals surface area (Å²) in [6, 6.07) is 6.91. The van der Waals surface area contributed by atoms with E-state index in [0.29, 0.717) is 23.0 Å². The number of nitrogens with zero attached hydrogens (tertiary/aromatic N) is 1. The fourth-order valence-corrected chi connectivity index (χ4v) is 3.42. The molecular formula is C15H15ClN2O3S2. The van der Waals surface area contributed by atoms with Gasteiger partial charge in [0.15, 0.2) is 4.34 Å². The highest BCUT2D eigenvalue weighted by Crippen LogP contribution is 2.23. The zero-order valence-corrected chi connectivity index (χ0v) is 14.8. The number of carbonyl (C=O) groups is 2. The summed E-state index contributed by atoms with van der Waals surface area (Å²) in [7, 11) is 0. The smallest absolute Gasteiger partial charge is 0.311 e. The van der Waals surface area contributed by atoms with E-state index in [1.54, 1.807) is 36.6 Å². The molecule has 8 heteroatoms. The molecule has 5 nitrogen and oxygen atoms in total. The lowest BCUT2D eigenvalue weighted by molar-refractivity contribution is -0.142. The molecule has 0 atom stereocenters. The van der Waals surface area contributed by atoms with E-state index < -0.39 is 0 Å². The highest BCUT2D eigenvalue weighted by Gasteiger charge is 2.10. The van der Waals surface area contributed by atoms with Crippen molar-refractivity contribution in [2.45, 2.75) is 17.7 Å². The van der Waals surface area contributed by atoms with Gasteiger partial charge in [0, 0.05) is 16.1 Å². The monoisotopic (exact) mass is 370 g/mol. The van der Waals surface area contributed by atoms with Crippen molar-refractivity contribution < 1.29 is 14.3 Å². The van der Waals surface area contributed by atoms with Gasteiger partial charge in [0.05, 0.1) is 24.5 Å². The van der Waals surface area contributed by atoms with E-state index in [1.165, 1.54) is 23.1 Å². The van der Waals surface area contributed by atoms with Gasteiger partial charge in [0.25, 0.3) is 0 Å². The number of esters is 1. The molecule has 1 N–H and O–H groups in total.